The molecule has 1 unspecified atom stereocenters. The predicted molar refractivity (Wildman–Crippen MR) is 185 cm³/mol. The maximum atomic E-state index is 12.9. The normalized spacial score (nSPS) is 14.8. The number of nitrogens with zero attached hydrogens (tertiary/aromatic N) is 8. The van der Waals surface area contributed by atoms with Crippen molar-refractivity contribution in [1.82, 2.24) is 29.3 Å². The maximum Gasteiger partial charge on any atom is 0.350 e. The molecule has 0 bridgehead atoms. The van der Waals surface area contributed by atoms with Crippen molar-refractivity contribution >= 4 is 11.4 Å². The zero-order valence-electron chi connectivity index (χ0n) is 27.6. The van der Waals surface area contributed by atoms with Gasteiger partial charge >= 0.3 is 5.69 Å². The molecule has 0 aliphatic carbocycles. The van der Waals surface area contributed by atoms with Crippen molar-refractivity contribution in [2.75, 3.05) is 49.2 Å². The van der Waals surface area contributed by atoms with E-state index in [1.165, 1.54) is 0 Å². The maximum absolute atomic E-state index is 12.9. The van der Waals surface area contributed by atoms with Gasteiger partial charge in [-0.05, 0) is 66.9 Å². The van der Waals surface area contributed by atoms with Gasteiger partial charge in [-0.3, -0.25) is 0 Å². The number of hydrogen-bond donors (Lipinski definition) is 1. The first-order chi connectivity index (χ1) is 23.5. The predicted octanol–water partition coefficient (Wildman–Crippen LogP) is 4.51. The summed E-state index contributed by atoms with van der Waals surface area (Å²) in [4.78, 5) is 19.2. The molecule has 3 aromatic carbocycles. The number of benzene rings is 3. The van der Waals surface area contributed by atoms with Crippen LogP contribution >= 0.6 is 0 Å². The molecule has 0 amide bonds. The Hall–Kier alpha value is -4.94. The second kappa shape index (κ2) is 15.8. The minimum absolute atomic E-state index is 0.0982. The van der Waals surface area contributed by atoms with E-state index in [0.717, 1.165) is 61.6 Å². The highest BCUT2D eigenvalue weighted by atomic mass is 16.5. The van der Waals surface area contributed by atoms with E-state index in [9.17, 15) is 9.90 Å². The Morgan fingerprint density at radius 2 is 1.33 bits per heavy atom. The van der Waals surface area contributed by atoms with Crippen LogP contribution in [0.1, 0.15) is 44.4 Å². The zero-order chi connectivity index (χ0) is 33.3. The van der Waals surface area contributed by atoms with E-state index >= 15 is 0 Å². The minimum atomic E-state index is -0.795. The summed E-state index contributed by atoms with van der Waals surface area (Å²) < 4.78 is 15.2. The van der Waals surface area contributed by atoms with E-state index in [0.29, 0.717) is 12.3 Å². The van der Waals surface area contributed by atoms with E-state index in [2.05, 4.69) is 63.2 Å². The molecular formula is C36H44N8O4. The van der Waals surface area contributed by atoms with Crippen LogP contribution in [0.15, 0.2) is 102 Å². The van der Waals surface area contributed by atoms with Crippen LogP contribution in [0.5, 0.6) is 5.75 Å². The first-order valence-corrected chi connectivity index (χ1v) is 16.7. The lowest BCUT2D eigenvalue weighted by molar-refractivity contribution is -0.0339. The Balaban J connectivity index is 0.962. The Morgan fingerprint density at radius 1 is 0.750 bits per heavy atom. The molecule has 1 aliphatic rings. The fraction of sp³-hybridized carbons (Fsp3) is 0.389. The summed E-state index contributed by atoms with van der Waals surface area (Å²) in [5.41, 5.74) is 3.98. The van der Waals surface area contributed by atoms with Crippen LogP contribution in [0.25, 0.3) is 5.69 Å². The summed E-state index contributed by atoms with van der Waals surface area (Å²) in [6, 6.07) is 26.1. The Morgan fingerprint density at radius 3 is 1.94 bits per heavy atom. The van der Waals surface area contributed by atoms with Gasteiger partial charge in [0.1, 0.15) is 30.9 Å². The zero-order valence-corrected chi connectivity index (χ0v) is 27.6. The third-order valence-corrected chi connectivity index (χ3v) is 8.86. The van der Waals surface area contributed by atoms with Crippen LogP contribution in [-0.4, -0.2) is 79.9 Å². The Bertz CT molecular complexity index is 1730. The van der Waals surface area contributed by atoms with Crippen molar-refractivity contribution in [2.45, 2.75) is 51.5 Å². The highest BCUT2D eigenvalue weighted by Crippen LogP contribution is 2.25. The molecule has 1 fully saturated rings. The van der Waals surface area contributed by atoms with Gasteiger partial charge in [-0.25, -0.2) is 14.0 Å². The van der Waals surface area contributed by atoms with Crippen molar-refractivity contribution in [3.05, 3.63) is 114 Å². The van der Waals surface area contributed by atoms with Crippen molar-refractivity contribution in [1.29, 1.82) is 0 Å². The molecule has 12 heteroatoms. The minimum Gasteiger partial charge on any atom is -0.491 e. The third kappa shape index (κ3) is 7.95. The van der Waals surface area contributed by atoms with Gasteiger partial charge < -0.3 is 24.4 Å². The summed E-state index contributed by atoms with van der Waals surface area (Å²) in [6.07, 6.45) is 5.54. The molecule has 0 saturated carbocycles. The molecule has 1 N–H and O–H groups in total. The van der Waals surface area contributed by atoms with E-state index in [1.54, 1.807) is 32.8 Å². The molecule has 1 saturated heterocycles. The second-order valence-electron chi connectivity index (χ2n) is 12.0. The first-order valence-electron chi connectivity index (χ1n) is 16.7. The summed E-state index contributed by atoms with van der Waals surface area (Å²) in [6.45, 7) is 8.38. The van der Waals surface area contributed by atoms with Gasteiger partial charge in [-0.2, -0.15) is 20.1 Å². The van der Waals surface area contributed by atoms with Gasteiger partial charge in [0.2, 0.25) is 0 Å². The van der Waals surface area contributed by atoms with Crippen LogP contribution in [0.4, 0.5) is 11.4 Å². The molecule has 2 aromatic heterocycles. The van der Waals surface area contributed by atoms with Gasteiger partial charge in [0.05, 0.1) is 37.3 Å². The third-order valence-electron chi connectivity index (χ3n) is 8.86. The van der Waals surface area contributed by atoms with Crippen LogP contribution in [0.3, 0.4) is 0 Å². The lowest BCUT2D eigenvalue weighted by atomic mass is 10.1. The highest BCUT2D eigenvalue weighted by Gasteiger charge is 2.20. The number of hydrogen-bond acceptors (Lipinski definition) is 9. The highest BCUT2D eigenvalue weighted by molar-refractivity contribution is 5.54. The molecule has 6 rings (SSSR count). The van der Waals surface area contributed by atoms with Gasteiger partial charge in [-0.1, -0.05) is 44.2 Å². The quantitative estimate of drug-likeness (QED) is 0.174. The van der Waals surface area contributed by atoms with Gasteiger partial charge in [0, 0.05) is 37.6 Å². The average Bonchev–Trinajstić information content (AvgIpc) is 3.80. The van der Waals surface area contributed by atoms with Gasteiger partial charge in [0.25, 0.3) is 0 Å². The van der Waals surface area contributed by atoms with E-state index in [4.69, 9.17) is 9.47 Å². The molecule has 0 spiro atoms. The average molecular weight is 653 g/mol. The molecule has 48 heavy (non-hydrogen) atoms. The molecule has 2 atom stereocenters. The summed E-state index contributed by atoms with van der Waals surface area (Å²) in [7, 11) is 0. The van der Waals surface area contributed by atoms with Crippen LogP contribution in [0, 0.1) is 0 Å². The van der Waals surface area contributed by atoms with Gasteiger partial charge in [-0.15, -0.1) is 0 Å². The lowest BCUT2D eigenvalue weighted by Gasteiger charge is -2.37. The summed E-state index contributed by atoms with van der Waals surface area (Å²) >= 11 is 0. The fourth-order valence-corrected chi connectivity index (χ4v) is 6.05. The summed E-state index contributed by atoms with van der Waals surface area (Å²) in [5.74, 6) is 0.696. The molecular weight excluding hydrogens is 608 g/mol. The van der Waals surface area contributed by atoms with Crippen LogP contribution in [-0.2, 0) is 11.3 Å². The van der Waals surface area contributed by atoms with Crippen molar-refractivity contribution in [3.63, 3.8) is 0 Å². The van der Waals surface area contributed by atoms with Crippen LogP contribution in [0.2, 0.25) is 0 Å². The summed E-state index contributed by atoms with van der Waals surface area (Å²) in [5, 5.41) is 23.4. The molecule has 3 heterocycles. The monoisotopic (exact) mass is 652 g/mol. The first kappa shape index (κ1) is 33.0. The second-order valence-corrected chi connectivity index (χ2v) is 12.0. The van der Waals surface area contributed by atoms with E-state index in [1.807, 2.05) is 54.6 Å². The topological polar surface area (TPSA) is 116 Å². The van der Waals surface area contributed by atoms with E-state index < -0.39 is 6.10 Å². The molecule has 5 aromatic rings. The number of ether oxygens (including phenoxy) is 2. The fourth-order valence-electron chi connectivity index (χ4n) is 6.05. The van der Waals surface area contributed by atoms with Crippen LogP contribution < -0.4 is 20.2 Å². The molecule has 0 radical (unpaired) electrons. The number of aliphatic hydroxyl groups is 1. The Labute approximate surface area is 280 Å². The molecule has 1 aliphatic heterocycles. The largest absolute Gasteiger partial charge is 0.491 e. The van der Waals surface area contributed by atoms with Crippen molar-refractivity contribution in [3.8, 4) is 11.4 Å². The Kier molecular flexibility index (Phi) is 10.8. The molecule has 12 nitrogen and oxygen atoms in total. The van der Waals surface area contributed by atoms with Gasteiger partial charge in [0.15, 0.2) is 0 Å². The molecule has 252 valence electrons. The number of rotatable bonds is 15. The SMILES string of the molecule is CCC(CC)n1ncn(-c2ccc(N3CCN(c4ccc(OC[C@H](O)COC(Cn5nccn5)c5ccccc5)cc4)CC3)cc2)c1=O. The number of aliphatic hydroxyl groups excluding tert-OH is 1. The van der Waals surface area contributed by atoms with Crippen molar-refractivity contribution < 1.29 is 14.6 Å². The van der Waals surface area contributed by atoms with E-state index in [-0.39, 0.29) is 31.0 Å². The van der Waals surface area contributed by atoms with Crippen molar-refractivity contribution in [2.24, 2.45) is 0 Å². The number of anilines is 2. The standard InChI is InChI=1S/C36H44N8O4/c1-3-29(4-2)44-36(46)42(27-39-44)32-12-10-30(11-13-32)40-20-22-41(23-21-40)31-14-16-34(17-15-31)47-25-33(45)26-48-35(24-43-37-18-19-38-43)28-8-6-5-7-9-28/h5-19,27,29,33,35,45H,3-4,20-26H2,1-2H3/t33-,35?/m0/s1. The number of piperazine rings is 1. The number of aromatic nitrogens is 6. The lowest BCUT2D eigenvalue weighted by Crippen LogP contribution is -2.46. The smallest absolute Gasteiger partial charge is 0.350 e.